The van der Waals surface area contributed by atoms with Crippen LogP contribution < -0.4 is 19.7 Å². The number of piperidine rings is 1. The molecule has 6 nitrogen and oxygen atoms in total. The van der Waals surface area contributed by atoms with E-state index in [1.807, 2.05) is 18.2 Å². The second-order valence-corrected chi connectivity index (χ2v) is 6.10. The molecule has 1 fully saturated rings. The highest BCUT2D eigenvalue weighted by molar-refractivity contribution is 5.95. The van der Waals surface area contributed by atoms with Crippen LogP contribution in [0.1, 0.15) is 19.8 Å². The summed E-state index contributed by atoms with van der Waals surface area (Å²) in [5, 5.41) is 3.39. The van der Waals surface area contributed by atoms with Crippen LogP contribution >= 0.6 is 0 Å². The molecule has 24 heavy (non-hydrogen) atoms. The lowest BCUT2D eigenvalue weighted by Crippen LogP contribution is -2.45. The summed E-state index contributed by atoms with van der Waals surface area (Å²) >= 11 is 0. The number of methoxy groups -OCH3 is 3. The van der Waals surface area contributed by atoms with Crippen molar-refractivity contribution in [2.45, 2.75) is 25.8 Å². The highest BCUT2D eigenvalue weighted by Gasteiger charge is 2.29. The van der Waals surface area contributed by atoms with Crippen LogP contribution in [0.3, 0.4) is 0 Å². The van der Waals surface area contributed by atoms with Crippen molar-refractivity contribution in [1.82, 2.24) is 5.32 Å². The maximum Gasteiger partial charge on any atom is 0.230 e. The number of nitrogens with one attached hydrogen (secondary N) is 1. The van der Waals surface area contributed by atoms with Gasteiger partial charge in [-0.2, -0.15) is 0 Å². The first-order valence-corrected chi connectivity index (χ1v) is 8.36. The van der Waals surface area contributed by atoms with Crippen molar-refractivity contribution < 1.29 is 19.0 Å². The summed E-state index contributed by atoms with van der Waals surface area (Å²) in [4.78, 5) is 14.9. The zero-order chi connectivity index (χ0) is 17.5. The molecule has 1 aliphatic rings. The summed E-state index contributed by atoms with van der Waals surface area (Å²) in [5.41, 5.74) is 0.806. The van der Waals surface area contributed by atoms with Gasteiger partial charge in [0, 0.05) is 37.4 Å². The molecule has 0 saturated carbocycles. The van der Waals surface area contributed by atoms with E-state index in [0.29, 0.717) is 30.7 Å². The van der Waals surface area contributed by atoms with E-state index < -0.39 is 0 Å². The molecule has 134 valence electrons. The second-order valence-electron chi connectivity index (χ2n) is 6.10. The number of anilines is 1. The van der Waals surface area contributed by atoms with Crippen molar-refractivity contribution >= 4 is 11.6 Å². The van der Waals surface area contributed by atoms with Crippen molar-refractivity contribution in [1.29, 1.82) is 0 Å². The Balaban J connectivity index is 2.25. The molecule has 1 aromatic rings. The van der Waals surface area contributed by atoms with Crippen molar-refractivity contribution in [3.63, 3.8) is 0 Å². The highest BCUT2D eigenvalue weighted by atomic mass is 16.5. The second kappa shape index (κ2) is 8.89. The average molecular weight is 336 g/mol. The Bertz CT molecular complexity index is 550. The van der Waals surface area contributed by atoms with Gasteiger partial charge in [0.25, 0.3) is 0 Å². The van der Waals surface area contributed by atoms with E-state index in [0.717, 1.165) is 25.1 Å². The van der Waals surface area contributed by atoms with Gasteiger partial charge in [0.2, 0.25) is 5.91 Å². The smallest absolute Gasteiger partial charge is 0.230 e. The fourth-order valence-corrected chi connectivity index (χ4v) is 3.12. The van der Waals surface area contributed by atoms with Crippen LogP contribution in [-0.4, -0.2) is 53.0 Å². The minimum absolute atomic E-state index is 0.0335. The Morgan fingerprint density at radius 3 is 2.62 bits per heavy atom. The molecule has 2 rings (SSSR count). The Morgan fingerprint density at radius 2 is 2.00 bits per heavy atom. The predicted octanol–water partition coefficient (Wildman–Crippen LogP) is 2.07. The highest BCUT2D eigenvalue weighted by Crippen LogP contribution is 2.32. The van der Waals surface area contributed by atoms with Crippen LogP contribution in [0.15, 0.2) is 18.2 Å². The summed E-state index contributed by atoms with van der Waals surface area (Å²) in [6, 6.07) is 5.92. The molecule has 1 aliphatic heterocycles. The number of ether oxygens (including phenoxy) is 3. The third kappa shape index (κ3) is 4.39. The third-order valence-corrected chi connectivity index (χ3v) is 4.44. The zero-order valence-electron chi connectivity index (χ0n) is 15.0. The molecule has 1 heterocycles. The summed E-state index contributed by atoms with van der Waals surface area (Å²) in [7, 11) is 4.84. The standard InChI is InChI=1S/C18H28N2O4/c1-13-11-14(7-8-19-13)18(21)20(9-10-22-2)15-5-6-16(23-3)17(12-15)24-4/h5-6,12-14,19H,7-11H2,1-4H3/t13-,14-/m0/s1. The van der Waals surface area contributed by atoms with Crippen molar-refractivity contribution in [3.05, 3.63) is 18.2 Å². The minimum Gasteiger partial charge on any atom is -0.493 e. The van der Waals surface area contributed by atoms with Crippen LogP contribution in [-0.2, 0) is 9.53 Å². The molecule has 6 heteroatoms. The fourth-order valence-electron chi connectivity index (χ4n) is 3.12. The van der Waals surface area contributed by atoms with Gasteiger partial charge in [0.15, 0.2) is 11.5 Å². The van der Waals surface area contributed by atoms with Crippen LogP contribution in [0.25, 0.3) is 0 Å². The third-order valence-electron chi connectivity index (χ3n) is 4.44. The summed E-state index contributed by atoms with van der Waals surface area (Å²) in [6.45, 7) is 4.00. The maximum absolute atomic E-state index is 13.1. The maximum atomic E-state index is 13.1. The van der Waals surface area contributed by atoms with Crippen molar-refractivity contribution in [2.75, 3.05) is 45.9 Å². The van der Waals surface area contributed by atoms with Crippen LogP contribution in [0.5, 0.6) is 11.5 Å². The normalized spacial score (nSPS) is 20.5. The molecule has 0 spiro atoms. The number of nitrogens with zero attached hydrogens (tertiary/aromatic N) is 1. The minimum atomic E-state index is 0.0335. The molecular weight excluding hydrogens is 308 g/mol. The molecule has 0 unspecified atom stereocenters. The van der Waals surface area contributed by atoms with Gasteiger partial charge >= 0.3 is 0 Å². The number of carbonyl (C=O) groups excluding carboxylic acids is 1. The number of hydrogen-bond acceptors (Lipinski definition) is 5. The number of amides is 1. The van der Waals surface area contributed by atoms with Crippen molar-refractivity contribution in [3.8, 4) is 11.5 Å². The van der Waals surface area contributed by atoms with Gasteiger partial charge in [-0.05, 0) is 38.4 Å². The van der Waals surface area contributed by atoms with E-state index in [1.54, 1.807) is 26.2 Å². The van der Waals surface area contributed by atoms with Crippen LogP contribution in [0.4, 0.5) is 5.69 Å². The van der Waals surface area contributed by atoms with E-state index in [-0.39, 0.29) is 11.8 Å². The quantitative estimate of drug-likeness (QED) is 0.826. The van der Waals surface area contributed by atoms with Crippen LogP contribution in [0.2, 0.25) is 0 Å². The summed E-state index contributed by atoms with van der Waals surface area (Å²) in [6.07, 6.45) is 1.72. The van der Waals surface area contributed by atoms with E-state index in [4.69, 9.17) is 14.2 Å². The van der Waals surface area contributed by atoms with Gasteiger partial charge in [-0.25, -0.2) is 0 Å². The molecule has 1 saturated heterocycles. The topological polar surface area (TPSA) is 60.0 Å². The van der Waals surface area contributed by atoms with Gasteiger partial charge in [-0.1, -0.05) is 0 Å². The first-order valence-electron chi connectivity index (χ1n) is 8.36. The lowest BCUT2D eigenvalue weighted by molar-refractivity contribution is -0.123. The molecule has 0 aliphatic carbocycles. The van der Waals surface area contributed by atoms with Crippen LogP contribution in [0, 0.1) is 5.92 Å². The van der Waals surface area contributed by atoms with E-state index in [1.165, 1.54) is 0 Å². The number of benzene rings is 1. The van der Waals surface area contributed by atoms with Gasteiger partial charge in [-0.3, -0.25) is 4.79 Å². The largest absolute Gasteiger partial charge is 0.493 e. The average Bonchev–Trinajstić information content (AvgIpc) is 2.61. The van der Waals surface area contributed by atoms with E-state index >= 15 is 0 Å². The number of hydrogen-bond donors (Lipinski definition) is 1. The number of carbonyl (C=O) groups is 1. The van der Waals surface area contributed by atoms with E-state index in [9.17, 15) is 4.79 Å². The monoisotopic (exact) mass is 336 g/mol. The zero-order valence-corrected chi connectivity index (χ0v) is 15.0. The lowest BCUT2D eigenvalue weighted by atomic mass is 9.92. The lowest BCUT2D eigenvalue weighted by Gasteiger charge is -2.32. The Hall–Kier alpha value is -1.79. The Morgan fingerprint density at radius 1 is 1.25 bits per heavy atom. The summed E-state index contributed by atoms with van der Waals surface area (Å²) in [5.74, 6) is 1.44. The van der Waals surface area contributed by atoms with Gasteiger partial charge < -0.3 is 24.4 Å². The first-order chi connectivity index (χ1) is 11.6. The number of rotatable bonds is 7. The van der Waals surface area contributed by atoms with Gasteiger partial charge in [-0.15, -0.1) is 0 Å². The first kappa shape index (κ1) is 18.5. The van der Waals surface area contributed by atoms with Gasteiger partial charge in [0.1, 0.15) is 0 Å². The molecule has 1 amide bonds. The molecule has 0 aromatic heterocycles. The molecule has 1 aromatic carbocycles. The molecule has 0 radical (unpaired) electrons. The molecular formula is C18H28N2O4. The predicted molar refractivity (Wildman–Crippen MR) is 94.0 cm³/mol. The van der Waals surface area contributed by atoms with Crippen molar-refractivity contribution in [2.24, 2.45) is 5.92 Å². The molecule has 1 N–H and O–H groups in total. The molecule has 2 atom stereocenters. The Labute approximate surface area is 144 Å². The summed E-state index contributed by atoms with van der Waals surface area (Å²) < 4.78 is 15.8. The van der Waals surface area contributed by atoms with E-state index in [2.05, 4.69) is 12.2 Å². The fraction of sp³-hybridized carbons (Fsp3) is 0.611. The Kier molecular flexibility index (Phi) is 6.87. The SMILES string of the molecule is COCCN(C(=O)[C@H]1CCN[C@@H](C)C1)c1ccc(OC)c(OC)c1. The molecule has 0 bridgehead atoms. The van der Waals surface area contributed by atoms with Gasteiger partial charge in [0.05, 0.1) is 20.8 Å².